The second-order valence-electron chi connectivity index (χ2n) is 5.66. The third-order valence-electron chi connectivity index (χ3n) is 5.12. The molecule has 0 heterocycles. The van der Waals surface area contributed by atoms with E-state index in [0.717, 1.165) is 37.0 Å². The van der Waals surface area contributed by atoms with Crippen molar-refractivity contribution in [2.75, 3.05) is 19.6 Å². The molecule has 0 aromatic heterocycles. The largest absolute Gasteiger partial charge is 1.00 e. The molecular weight excluding hydrogens is 302 g/mol. The number of carbonyl (C=O) groups is 1. The van der Waals surface area contributed by atoms with E-state index in [1.807, 2.05) is 6.92 Å². The maximum absolute atomic E-state index is 11.8. The molecule has 0 amide bonds. The fraction of sp³-hybridized carbons (Fsp3) is 0.812. The van der Waals surface area contributed by atoms with E-state index < -0.39 is 0 Å². The third-order valence-corrected chi connectivity index (χ3v) is 5.12. The van der Waals surface area contributed by atoms with Crippen LogP contribution in [0.15, 0.2) is 12.2 Å². The lowest BCUT2D eigenvalue weighted by atomic mass is 9.88. The van der Waals surface area contributed by atoms with Gasteiger partial charge in [-0.3, -0.25) is 4.79 Å². The van der Waals surface area contributed by atoms with Crippen LogP contribution in [0.3, 0.4) is 0 Å². The summed E-state index contributed by atoms with van der Waals surface area (Å²) < 4.78 is 1.04. The molecule has 0 rings (SSSR count). The fourth-order valence-corrected chi connectivity index (χ4v) is 3.02. The van der Waals surface area contributed by atoms with Crippen molar-refractivity contribution in [2.24, 2.45) is 0 Å². The summed E-state index contributed by atoms with van der Waals surface area (Å²) in [6, 6.07) is 0. The number of halogens is 1. The Kier molecular flexibility index (Phi) is 9.92. The molecular formula is C16H32BrNO. The van der Waals surface area contributed by atoms with Gasteiger partial charge in [0.15, 0.2) is 5.78 Å². The molecule has 0 aliphatic rings. The number of quaternary nitrogens is 1. The minimum atomic E-state index is 0. The molecule has 0 bridgehead atoms. The molecule has 0 aromatic rings. The van der Waals surface area contributed by atoms with Gasteiger partial charge in [-0.05, 0) is 46.1 Å². The number of rotatable bonds is 9. The first-order valence-corrected chi connectivity index (χ1v) is 7.37. The first kappa shape index (κ1) is 21.2. The Hall–Kier alpha value is -0.150. The number of carbonyl (C=O) groups excluding carboxylic acids is 1. The number of hydrogen-bond acceptors (Lipinski definition) is 1. The normalized spacial score (nSPS) is 11.9. The van der Waals surface area contributed by atoms with Crippen LogP contribution in [0.2, 0.25) is 0 Å². The first-order chi connectivity index (χ1) is 8.32. The van der Waals surface area contributed by atoms with Crippen LogP contribution in [0.4, 0.5) is 0 Å². The first-order valence-electron chi connectivity index (χ1n) is 7.37. The standard InChI is InChI=1S/C16H32NO.BrH/c1-8-16(7,9-2)17(10-3,11-4)13-12-15(18)14(5)6;/h5,8-13H2,1-4,6-7H3;1H/q+1;/p-1. The van der Waals surface area contributed by atoms with E-state index in [1.54, 1.807) is 0 Å². The molecule has 0 radical (unpaired) electrons. The molecule has 0 atom stereocenters. The van der Waals surface area contributed by atoms with Crippen molar-refractivity contribution in [1.82, 2.24) is 0 Å². The van der Waals surface area contributed by atoms with Crippen LogP contribution in [0, 0.1) is 0 Å². The van der Waals surface area contributed by atoms with Gasteiger partial charge in [0.2, 0.25) is 0 Å². The van der Waals surface area contributed by atoms with Crippen molar-refractivity contribution in [3.8, 4) is 0 Å². The molecule has 19 heavy (non-hydrogen) atoms. The van der Waals surface area contributed by atoms with Crippen molar-refractivity contribution in [1.29, 1.82) is 0 Å². The predicted octanol–water partition coefficient (Wildman–Crippen LogP) is 0.961. The van der Waals surface area contributed by atoms with Crippen molar-refractivity contribution in [3.05, 3.63) is 12.2 Å². The Balaban J connectivity index is 0. The molecule has 3 heteroatoms. The lowest BCUT2D eigenvalue weighted by molar-refractivity contribution is -0.971. The smallest absolute Gasteiger partial charge is 0.163 e. The SMILES string of the molecule is C=C(C)C(=O)CC[N+](CC)(CC)C(C)(CC)CC.[Br-]. The summed E-state index contributed by atoms with van der Waals surface area (Å²) in [6.07, 6.45) is 2.95. The number of nitrogens with zero attached hydrogens (tertiary/aromatic N) is 1. The topological polar surface area (TPSA) is 17.1 Å². The van der Waals surface area contributed by atoms with Crippen LogP contribution in [-0.4, -0.2) is 35.4 Å². The molecule has 0 aliphatic carbocycles. The van der Waals surface area contributed by atoms with Crippen molar-refractivity contribution < 1.29 is 26.3 Å². The maximum Gasteiger partial charge on any atom is 0.163 e. The molecule has 114 valence electrons. The lowest BCUT2D eigenvalue weighted by Gasteiger charge is -2.51. The van der Waals surface area contributed by atoms with Gasteiger partial charge in [0.05, 0.1) is 31.6 Å². The molecule has 0 unspecified atom stereocenters. The van der Waals surface area contributed by atoms with Gasteiger partial charge in [-0.15, -0.1) is 0 Å². The Morgan fingerprint density at radius 2 is 1.53 bits per heavy atom. The molecule has 0 saturated heterocycles. The van der Waals surface area contributed by atoms with Gasteiger partial charge < -0.3 is 21.5 Å². The van der Waals surface area contributed by atoms with Crippen LogP contribution in [0.1, 0.15) is 60.8 Å². The van der Waals surface area contributed by atoms with Gasteiger partial charge in [0.25, 0.3) is 0 Å². The van der Waals surface area contributed by atoms with Gasteiger partial charge in [-0.2, -0.15) is 0 Å². The summed E-state index contributed by atoms with van der Waals surface area (Å²) in [5.74, 6) is 0.217. The van der Waals surface area contributed by atoms with E-state index in [1.165, 1.54) is 0 Å². The molecule has 0 N–H and O–H groups in total. The number of hydrogen-bond donors (Lipinski definition) is 0. The number of ketones is 1. The third kappa shape index (κ3) is 4.71. The van der Waals surface area contributed by atoms with Gasteiger partial charge in [0, 0.05) is 0 Å². The van der Waals surface area contributed by atoms with Crippen LogP contribution >= 0.6 is 0 Å². The van der Waals surface area contributed by atoms with Crippen LogP contribution in [0.5, 0.6) is 0 Å². The van der Waals surface area contributed by atoms with Gasteiger partial charge in [0.1, 0.15) is 0 Å². The second kappa shape index (κ2) is 8.91. The zero-order valence-corrected chi connectivity index (χ0v) is 15.3. The maximum atomic E-state index is 11.8. The van der Waals surface area contributed by atoms with E-state index in [4.69, 9.17) is 0 Å². The highest BCUT2D eigenvalue weighted by atomic mass is 79.9. The summed E-state index contributed by atoms with van der Waals surface area (Å²) in [4.78, 5) is 11.8. The highest BCUT2D eigenvalue weighted by molar-refractivity contribution is 5.94. The summed E-state index contributed by atoms with van der Waals surface area (Å²) >= 11 is 0. The Morgan fingerprint density at radius 3 is 1.79 bits per heavy atom. The van der Waals surface area contributed by atoms with Crippen molar-refractivity contribution >= 4 is 5.78 Å². The quantitative estimate of drug-likeness (QED) is 0.453. The lowest BCUT2D eigenvalue weighted by Crippen LogP contribution is -3.00. The van der Waals surface area contributed by atoms with Crippen molar-refractivity contribution in [3.63, 3.8) is 0 Å². The molecule has 0 spiro atoms. The number of Topliss-reactive ketones (excluding diaryl/α,β-unsaturated/α-hetero) is 1. The summed E-state index contributed by atoms with van der Waals surface area (Å²) in [6.45, 7) is 20.1. The average Bonchev–Trinajstić information content (AvgIpc) is 2.39. The van der Waals surface area contributed by atoms with Gasteiger partial charge in [-0.1, -0.05) is 20.4 Å². The Bertz CT molecular complexity index is 291. The van der Waals surface area contributed by atoms with Crippen LogP contribution in [-0.2, 0) is 4.79 Å². The van der Waals surface area contributed by atoms with Gasteiger partial charge >= 0.3 is 0 Å². The zero-order chi connectivity index (χ0) is 14.4. The highest BCUT2D eigenvalue weighted by Gasteiger charge is 2.42. The van der Waals surface area contributed by atoms with Crippen LogP contribution in [0.25, 0.3) is 0 Å². The highest BCUT2D eigenvalue weighted by Crippen LogP contribution is 2.32. The fourth-order valence-electron chi connectivity index (χ4n) is 3.02. The van der Waals surface area contributed by atoms with E-state index in [0.29, 0.717) is 12.0 Å². The Labute approximate surface area is 130 Å². The predicted molar refractivity (Wildman–Crippen MR) is 79.6 cm³/mol. The van der Waals surface area contributed by atoms with E-state index in [-0.39, 0.29) is 28.3 Å². The summed E-state index contributed by atoms with van der Waals surface area (Å²) in [5.41, 5.74) is 0.966. The average molecular weight is 334 g/mol. The second-order valence-corrected chi connectivity index (χ2v) is 5.66. The van der Waals surface area contributed by atoms with E-state index in [2.05, 4.69) is 41.2 Å². The Morgan fingerprint density at radius 1 is 1.11 bits per heavy atom. The van der Waals surface area contributed by atoms with Crippen molar-refractivity contribution in [2.45, 2.75) is 66.3 Å². The molecule has 0 fully saturated rings. The van der Waals surface area contributed by atoms with E-state index >= 15 is 0 Å². The number of allylic oxidation sites excluding steroid dienone is 1. The molecule has 0 aromatic carbocycles. The molecule has 2 nitrogen and oxygen atoms in total. The summed E-state index contributed by atoms with van der Waals surface area (Å²) in [5, 5.41) is 0. The monoisotopic (exact) mass is 333 g/mol. The molecule has 0 saturated carbocycles. The van der Waals surface area contributed by atoms with Gasteiger partial charge in [-0.25, -0.2) is 0 Å². The zero-order valence-electron chi connectivity index (χ0n) is 13.7. The minimum absolute atomic E-state index is 0. The summed E-state index contributed by atoms with van der Waals surface area (Å²) in [7, 11) is 0. The molecule has 0 aliphatic heterocycles. The minimum Gasteiger partial charge on any atom is -1.00 e. The van der Waals surface area contributed by atoms with E-state index in [9.17, 15) is 4.79 Å². The van der Waals surface area contributed by atoms with Crippen LogP contribution < -0.4 is 17.0 Å².